The van der Waals surface area contributed by atoms with Crippen LogP contribution in [0.5, 0.6) is 0 Å². The van der Waals surface area contributed by atoms with Gasteiger partial charge in [0.15, 0.2) is 0 Å². The van der Waals surface area contributed by atoms with Gasteiger partial charge in [-0.15, -0.1) is 0 Å². The Morgan fingerprint density at radius 1 is 1.35 bits per heavy atom. The zero-order chi connectivity index (χ0) is 13.3. The number of nitrogens with one attached hydrogen (secondary N) is 2. The number of esters is 1. The second kappa shape index (κ2) is 8.86. The van der Waals surface area contributed by atoms with E-state index < -0.39 is 6.03 Å². The third kappa shape index (κ3) is 7.62. The van der Waals surface area contributed by atoms with Crippen LogP contribution in [0.25, 0.3) is 0 Å². The number of methoxy groups -OCH3 is 1. The van der Waals surface area contributed by atoms with Crippen molar-refractivity contribution in [3.63, 3.8) is 0 Å². The Morgan fingerprint density at radius 3 is 2.53 bits per heavy atom. The van der Waals surface area contributed by atoms with Crippen molar-refractivity contribution in [2.45, 2.75) is 13.8 Å². The Kier molecular flexibility index (Phi) is 8.21. The lowest BCUT2D eigenvalue weighted by Crippen LogP contribution is -2.40. The molecule has 1 atom stereocenters. The highest BCUT2D eigenvalue weighted by Gasteiger charge is 2.14. The fourth-order valence-electron chi connectivity index (χ4n) is 0.965. The Bertz CT molecular complexity index is 283. The molecule has 0 aliphatic heterocycles. The fraction of sp³-hybridized carbons (Fsp3) is 0.700. The minimum atomic E-state index is -0.501. The molecule has 2 N–H and O–H groups in total. The quantitative estimate of drug-likeness (QED) is 0.676. The highest BCUT2D eigenvalue weighted by molar-refractivity contribution is 7.99. The van der Waals surface area contributed by atoms with E-state index in [1.807, 2.05) is 0 Å². The summed E-state index contributed by atoms with van der Waals surface area (Å²) < 4.78 is 4.55. The van der Waals surface area contributed by atoms with Gasteiger partial charge in [0.1, 0.15) is 0 Å². The van der Waals surface area contributed by atoms with Crippen molar-refractivity contribution >= 4 is 29.7 Å². The molecule has 0 aliphatic rings. The van der Waals surface area contributed by atoms with Crippen molar-refractivity contribution in [3.8, 4) is 0 Å². The Balaban J connectivity index is 3.71. The van der Waals surface area contributed by atoms with E-state index in [1.165, 1.54) is 18.9 Å². The maximum Gasteiger partial charge on any atom is 0.321 e. The maximum atomic E-state index is 11.2. The van der Waals surface area contributed by atoms with E-state index in [0.29, 0.717) is 12.3 Å². The summed E-state index contributed by atoms with van der Waals surface area (Å²) >= 11 is 1.28. The summed E-state index contributed by atoms with van der Waals surface area (Å²) in [5, 5.41) is 4.62. The molecule has 0 heterocycles. The molecule has 0 radical (unpaired) electrons. The van der Waals surface area contributed by atoms with Crippen molar-refractivity contribution < 1.29 is 19.1 Å². The van der Waals surface area contributed by atoms with Gasteiger partial charge in [0, 0.05) is 12.3 Å². The number of carbonyl (C=O) groups is 3. The summed E-state index contributed by atoms with van der Waals surface area (Å²) in [5.74, 6) is -0.324. The lowest BCUT2D eigenvalue weighted by molar-refractivity contribution is -0.144. The number of hydrogen-bond donors (Lipinski definition) is 2. The zero-order valence-corrected chi connectivity index (χ0v) is 11.1. The number of rotatable bonds is 6. The highest BCUT2D eigenvalue weighted by Crippen LogP contribution is 2.09. The molecule has 0 aromatic carbocycles. The second-order valence-electron chi connectivity index (χ2n) is 3.35. The van der Waals surface area contributed by atoms with E-state index in [1.54, 1.807) is 13.8 Å². The summed E-state index contributed by atoms with van der Waals surface area (Å²) in [6, 6.07) is -0.501. The predicted octanol–water partition coefficient (Wildman–Crippen LogP) is 0.374. The normalized spacial score (nSPS) is 11.5. The first kappa shape index (κ1) is 15.8. The first-order valence-electron chi connectivity index (χ1n) is 5.24. The van der Waals surface area contributed by atoms with Crippen LogP contribution in [-0.2, 0) is 14.3 Å². The number of carbonyl (C=O) groups excluding carboxylic acids is 3. The van der Waals surface area contributed by atoms with Crippen molar-refractivity contribution in [1.29, 1.82) is 0 Å². The number of hydrogen-bond acceptors (Lipinski definition) is 5. The van der Waals surface area contributed by atoms with Crippen LogP contribution in [0.2, 0.25) is 0 Å². The summed E-state index contributed by atoms with van der Waals surface area (Å²) in [6.07, 6.45) is 0. The summed E-state index contributed by atoms with van der Waals surface area (Å²) in [5.41, 5.74) is 0. The van der Waals surface area contributed by atoms with Gasteiger partial charge in [-0.1, -0.05) is 6.92 Å². The third-order valence-corrected chi connectivity index (χ3v) is 3.00. The van der Waals surface area contributed by atoms with Gasteiger partial charge in [0.25, 0.3) is 0 Å². The van der Waals surface area contributed by atoms with Crippen LogP contribution >= 0.6 is 11.8 Å². The van der Waals surface area contributed by atoms with Gasteiger partial charge in [-0.3, -0.25) is 14.9 Å². The molecule has 0 aromatic rings. The molecule has 7 heteroatoms. The highest BCUT2D eigenvalue weighted by atomic mass is 32.2. The molecule has 0 rings (SSSR count). The lowest BCUT2D eigenvalue weighted by atomic mass is 10.2. The van der Waals surface area contributed by atoms with Gasteiger partial charge < -0.3 is 10.1 Å². The average Bonchev–Trinajstić information content (AvgIpc) is 2.27. The number of urea groups is 1. The minimum Gasteiger partial charge on any atom is -0.469 e. The first-order chi connectivity index (χ1) is 8.01. The van der Waals surface area contributed by atoms with E-state index >= 15 is 0 Å². The van der Waals surface area contributed by atoms with Crippen molar-refractivity contribution in [2.75, 3.05) is 25.2 Å². The van der Waals surface area contributed by atoms with Gasteiger partial charge in [-0.2, -0.15) is 11.8 Å². The molecular formula is C10H18N2O4S. The van der Waals surface area contributed by atoms with Crippen LogP contribution in [0.4, 0.5) is 4.79 Å². The topological polar surface area (TPSA) is 84.5 Å². The van der Waals surface area contributed by atoms with E-state index in [2.05, 4.69) is 15.4 Å². The van der Waals surface area contributed by atoms with Crippen molar-refractivity contribution in [1.82, 2.24) is 10.6 Å². The molecule has 6 nitrogen and oxygen atoms in total. The molecule has 0 saturated carbocycles. The van der Waals surface area contributed by atoms with E-state index in [0.717, 1.165) is 0 Å². The van der Waals surface area contributed by atoms with Gasteiger partial charge in [0.05, 0.1) is 18.8 Å². The summed E-state index contributed by atoms with van der Waals surface area (Å²) in [7, 11) is 1.32. The molecule has 1 unspecified atom stereocenters. The van der Waals surface area contributed by atoms with Crippen molar-refractivity contribution in [3.05, 3.63) is 0 Å². The van der Waals surface area contributed by atoms with Gasteiger partial charge in [-0.05, 0) is 6.92 Å². The minimum absolute atomic E-state index is 0.137. The molecule has 0 bridgehead atoms. The molecule has 0 aromatic heterocycles. The molecule has 0 fully saturated rings. The molecule has 0 saturated heterocycles. The van der Waals surface area contributed by atoms with Gasteiger partial charge in [0.2, 0.25) is 5.91 Å². The Morgan fingerprint density at radius 2 is 2.00 bits per heavy atom. The predicted molar refractivity (Wildman–Crippen MR) is 65.7 cm³/mol. The summed E-state index contributed by atoms with van der Waals surface area (Å²) in [6.45, 7) is 3.95. The van der Waals surface area contributed by atoms with Crippen LogP contribution in [0, 0.1) is 5.92 Å². The van der Waals surface area contributed by atoms with Crippen molar-refractivity contribution in [2.24, 2.45) is 5.92 Å². The van der Waals surface area contributed by atoms with Gasteiger partial charge >= 0.3 is 12.0 Å². The van der Waals surface area contributed by atoms with E-state index in [9.17, 15) is 14.4 Å². The average molecular weight is 262 g/mol. The number of amides is 3. The van der Waals surface area contributed by atoms with Gasteiger partial charge in [-0.25, -0.2) is 4.79 Å². The Hall–Kier alpha value is -1.24. The Labute approximate surface area is 105 Å². The smallest absolute Gasteiger partial charge is 0.321 e. The first-order valence-corrected chi connectivity index (χ1v) is 6.40. The molecule has 98 valence electrons. The maximum absolute atomic E-state index is 11.2. The van der Waals surface area contributed by atoms with Crippen LogP contribution in [0.15, 0.2) is 0 Å². The molecule has 0 aliphatic carbocycles. The SMILES string of the molecule is CCNC(=O)NC(=O)CSCC(C)C(=O)OC. The van der Waals surface area contributed by atoms with Crippen LogP contribution in [-0.4, -0.2) is 43.1 Å². The zero-order valence-electron chi connectivity index (χ0n) is 10.2. The largest absolute Gasteiger partial charge is 0.469 e. The number of ether oxygens (including phenoxy) is 1. The number of imide groups is 1. The van der Waals surface area contributed by atoms with Crippen LogP contribution in [0.1, 0.15) is 13.8 Å². The van der Waals surface area contributed by atoms with E-state index in [-0.39, 0.29) is 23.5 Å². The standard InChI is InChI=1S/C10H18N2O4S/c1-4-11-10(15)12-8(13)6-17-5-7(2)9(14)16-3/h7H,4-6H2,1-3H3,(H2,11,12,13,15). The number of thioether (sulfide) groups is 1. The fourth-order valence-corrected chi connectivity index (χ4v) is 1.83. The molecule has 0 spiro atoms. The molecule has 3 amide bonds. The molecule has 17 heavy (non-hydrogen) atoms. The molecular weight excluding hydrogens is 244 g/mol. The monoisotopic (exact) mass is 262 g/mol. The van der Waals surface area contributed by atoms with Crippen LogP contribution < -0.4 is 10.6 Å². The third-order valence-electron chi connectivity index (χ3n) is 1.79. The van der Waals surface area contributed by atoms with E-state index in [4.69, 9.17) is 0 Å². The lowest BCUT2D eigenvalue weighted by Gasteiger charge is -2.08. The summed E-state index contributed by atoms with van der Waals surface area (Å²) in [4.78, 5) is 33.3. The van der Waals surface area contributed by atoms with Crippen LogP contribution in [0.3, 0.4) is 0 Å². The second-order valence-corrected chi connectivity index (χ2v) is 4.38.